The highest BCUT2D eigenvalue weighted by Gasteiger charge is 2.26. The molecule has 5 aromatic carbocycles. The number of aromatic nitrogens is 2. The molecule has 0 saturated heterocycles. The van der Waals surface area contributed by atoms with Gasteiger partial charge < -0.3 is 9.13 Å². The summed E-state index contributed by atoms with van der Waals surface area (Å²) in [6.45, 7) is 0. The highest BCUT2D eigenvalue weighted by molar-refractivity contribution is 6.13. The molecule has 2 aliphatic carbocycles. The first-order valence-electron chi connectivity index (χ1n) is 16.9. The molecule has 5 heteroatoms. The van der Waals surface area contributed by atoms with E-state index in [1.807, 2.05) is 48.5 Å². The fraction of sp³-hybridized carbons (Fsp3) is 0.0889. The van der Waals surface area contributed by atoms with Crippen molar-refractivity contribution in [2.45, 2.75) is 25.3 Å². The molecule has 1 unspecified atom stereocenters. The molecular weight excluding hydrogens is 611 g/mol. The third-order valence-electron chi connectivity index (χ3n) is 10.3. The predicted molar refractivity (Wildman–Crippen MR) is 202 cm³/mol. The Labute approximate surface area is 289 Å². The van der Waals surface area contributed by atoms with E-state index in [-0.39, 0.29) is 6.04 Å². The van der Waals surface area contributed by atoms with Gasteiger partial charge in [-0.3, -0.25) is 0 Å². The smallest absolute Gasteiger partial charge is 0.0992 e. The maximum atomic E-state index is 10.7. The van der Waals surface area contributed by atoms with E-state index in [1.54, 1.807) is 0 Å². The molecule has 234 valence electrons. The maximum Gasteiger partial charge on any atom is 0.0992 e. The number of benzene rings is 5. The predicted octanol–water partition coefficient (Wildman–Crippen LogP) is 10.8. The zero-order chi connectivity index (χ0) is 33.8. The molecule has 9 rings (SSSR count). The molecular formula is C45H29N5. The molecule has 0 amide bonds. The van der Waals surface area contributed by atoms with Crippen LogP contribution in [0.15, 0.2) is 139 Å². The van der Waals surface area contributed by atoms with Crippen LogP contribution < -0.4 is 0 Å². The van der Waals surface area contributed by atoms with Gasteiger partial charge in [-0.2, -0.15) is 15.8 Å². The molecule has 0 aliphatic heterocycles. The molecule has 0 bridgehead atoms. The minimum atomic E-state index is -0.0831. The largest absolute Gasteiger partial charge is 0.333 e. The van der Waals surface area contributed by atoms with Crippen molar-refractivity contribution in [2.75, 3.05) is 0 Å². The number of hydrogen-bond donors (Lipinski definition) is 0. The lowest BCUT2D eigenvalue weighted by atomic mass is 9.84. The Morgan fingerprint density at radius 2 is 1.24 bits per heavy atom. The Hall–Kier alpha value is -6.87. The first kappa shape index (κ1) is 29.3. The summed E-state index contributed by atoms with van der Waals surface area (Å²) in [5.41, 5.74) is 11.7. The summed E-state index contributed by atoms with van der Waals surface area (Å²) < 4.78 is 4.62. The summed E-state index contributed by atoms with van der Waals surface area (Å²) in [7, 11) is 0. The molecule has 50 heavy (non-hydrogen) atoms. The standard InChI is InChI=1S/C45H29N5/c46-26-29-18-22-44-40(23-29)38-13-5-8-16-43(38)50(44)42-15-7-3-11-36(42)35-10-2-1-9-34(35)33-21-19-32(25-31(33)28-48)49-41-14-6-4-12-37(41)39-20-17-30(27-47)24-45(39)49/h1-2,4-10,12-24,32H,3,11,25H2. The van der Waals surface area contributed by atoms with E-state index < -0.39 is 0 Å². The van der Waals surface area contributed by atoms with Gasteiger partial charge in [0.05, 0.1) is 51.9 Å². The van der Waals surface area contributed by atoms with E-state index in [9.17, 15) is 15.8 Å². The van der Waals surface area contributed by atoms with Gasteiger partial charge in [0.15, 0.2) is 0 Å². The number of allylic oxidation sites excluding steroid dienone is 8. The van der Waals surface area contributed by atoms with Gasteiger partial charge in [-0.15, -0.1) is 0 Å². The van der Waals surface area contributed by atoms with Gasteiger partial charge in [0.25, 0.3) is 0 Å². The van der Waals surface area contributed by atoms with Crippen LogP contribution in [0.1, 0.15) is 47.6 Å². The summed E-state index contributed by atoms with van der Waals surface area (Å²) in [5, 5.41) is 34.5. The molecule has 2 aromatic heterocycles. The van der Waals surface area contributed by atoms with Crippen LogP contribution in [-0.4, -0.2) is 9.13 Å². The SMILES string of the molecule is N#CC1=C(c2ccccc2C2=C(n3c4ccccc4c4cc(C#N)ccc43)C=CCC2)C=CC(n2c3ccccc3c3ccc(C#N)cc32)C1. The van der Waals surface area contributed by atoms with Gasteiger partial charge in [0, 0.05) is 44.8 Å². The summed E-state index contributed by atoms with van der Waals surface area (Å²) in [4.78, 5) is 0. The van der Waals surface area contributed by atoms with Crippen molar-refractivity contribution in [2.24, 2.45) is 0 Å². The Kier molecular flexibility index (Phi) is 6.84. The van der Waals surface area contributed by atoms with Crippen molar-refractivity contribution in [3.8, 4) is 18.2 Å². The van der Waals surface area contributed by atoms with Crippen LogP contribution >= 0.6 is 0 Å². The zero-order valence-corrected chi connectivity index (χ0v) is 27.1. The molecule has 5 nitrogen and oxygen atoms in total. The summed E-state index contributed by atoms with van der Waals surface area (Å²) in [6.07, 6.45) is 11.1. The van der Waals surface area contributed by atoms with Crippen LogP contribution in [0, 0.1) is 34.0 Å². The third kappa shape index (κ3) is 4.44. The zero-order valence-electron chi connectivity index (χ0n) is 27.1. The number of fused-ring (bicyclic) bond motifs is 6. The van der Waals surface area contributed by atoms with E-state index in [4.69, 9.17) is 0 Å². The van der Waals surface area contributed by atoms with Crippen molar-refractivity contribution < 1.29 is 0 Å². The third-order valence-corrected chi connectivity index (χ3v) is 10.3. The van der Waals surface area contributed by atoms with Crippen molar-refractivity contribution >= 4 is 60.5 Å². The van der Waals surface area contributed by atoms with Crippen LogP contribution in [0.2, 0.25) is 0 Å². The van der Waals surface area contributed by atoms with Gasteiger partial charge in [0.1, 0.15) is 0 Å². The molecule has 0 spiro atoms. The summed E-state index contributed by atoms with van der Waals surface area (Å²) >= 11 is 0. The number of para-hydroxylation sites is 2. The van der Waals surface area contributed by atoms with Crippen molar-refractivity contribution in [3.63, 3.8) is 0 Å². The second-order valence-corrected chi connectivity index (χ2v) is 12.9. The molecule has 0 saturated carbocycles. The minimum Gasteiger partial charge on any atom is -0.333 e. The van der Waals surface area contributed by atoms with Crippen LogP contribution in [0.5, 0.6) is 0 Å². The number of nitriles is 3. The molecule has 0 fully saturated rings. The first-order valence-corrected chi connectivity index (χ1v) is 16.9. The number of hydrogen-bond acceptors (Lipinski definition) is 3. The summed E-state index contributed by atoms with van der Waals surface area (Å²) in [5.74, 6) is 0. The molecule has 2 heterocycles. The number of rotatable bonds is 4. The van der Waals surface area contributed by atoms with E-state index in [1.165, 1.54) is 5.57 Å². The van der Waals surface area contributed by atoms with Crippen molar-refractivity contribution in [1.82, 2.24) is 9.13 Å². The van der Waals surface area contributed by atoms with Crippen molar-refractivity contribution in [3.05, 3.63) is 161 Å². The summed E-state index contributed by atoms with van der Waals surface area (Å²) in [6, 6.07) is 44.1. The lowest BCUT2D eigenvalue weighted by Gasteiger charge is -2.25. The van der Waals surface area contributed by atoms with Gasteiger partial charge in [-0.25, -0.2) is 0 Å². The van der Waals surface area contributed by atoms with Gasteiger partial charge >= 0.3 is 0 Å². The normalized spacial score (nSPS) is 16.0. The Balaban J connectivity index is 1.21. The monoisotopic (exact) mass is 639 g/mol. The maximum absolute atomic E-state index is 10.7. The second kappa shape index (κ2) is 11.7. The van der Waals surface area contributed by atoms with Gasteiger partial charge in [-0.05, 0) is 83.7 Å². The van der Waals surface area contributed by atoms with E-state index >= 15 is 0 Å². The highest BCUT2D eigenvalue weighted by Crippen LogP contribution is 2.43. The lowest BCUT2D eigenvalue weighted by Crippen LogP contribution is -2.12. The lowest BCUT2D eigenvalue weighted by molar-refractivity contribution is 0.639. The van der Waals surface area contributed by atoms with Crippen molar-refractivity contribution in [1.29, 1.82) is 15.8 Å². The average molecular weight is 640 g/mol. The fourth-order valence-electron chi connectivity index (χ4n) is 8.07. The molecule has 0 N–H and O–H groups in total. The Morgan fingerprint density at radius 3 is 2.04 bits per heavy atom. The minimum absolute atomic E-state index is 0.0831. The Morgan fingerprint density at radius 1 is 0.580 bits per heavy atom. The Bertz CT molecular complexity index is 2830. The van der Waals surface area contributed by atoms with Crippen LogP contribution in [0.3, 0.4) is 0 Å². The van der Waals surface area contributed by atoms with E-state index in [2.05, 4.69) is 112 Å². The fourth-order valence-corrected chi connectivity index (χ4v) is 8.07. The topological polar surface area (TPSA) is 81.2 Å². The van der Waals surface area contributed by atoms with Gasteiger partial charge in [0.2, 0.25) is 0 Å². The van der Waals surface area contributed by atoms with Crippen LogP contribution in [0.25, 0.3) is 60.5 Å². The van der Waals surface area contributed by atoms with E-state index in [0.717, 1.165) is 84.4 Å². The molecule has 1 atom stereocenters. The second-order valence-electron chi connectivity index (χ2n) is 12.9. The highest BCUT2D eigenvalue weighted by atomic mass is 15.0. The van der Waals surface area contributed by atoms with Gasteiger partial charge in [-0.1, -0.05) is 85.0 Å². The first-order chi connectivity index (χ1) is 24.7. The number of nitrogens with zero attached hydrogens (tertiary/aromatic N) is 5. The van der Waals surface area contributed by atoms with E-state index in [0.29, 0.717) is 17.5 Å². The molecule has 7 aromatic rings. The quantitative estimate of drug-likeness (QED) is 0.192. The molecule has 2 aliphatic rings. The average Bonchev–Trinajstić information content (AvgIpc) is 3.69. The molecule has 0 radical (unpaired) electrons. The van der Waals surface area contributed by atoms with Crippen LogP contribution in [0.4, 0.5) is 0 Å². The van der Waals surface area contributed by atoms with Crippen LogP contribution in [-0.2, 0) is 0 Å².